The fraction of sp³-hybridized carbons (Fsp3) is 0. The highest BCUT2D eigenvalue weighted by Gasteiger charge is 2.08. The van der Waals surface area contributed by atoms with Gasteiger partial charge in [0.15, 0.2) is 0 Å². The van der Waals surface area contributed by atoms with Crippen molar-refractivity contribution >= 4 is 23.2 Å². The second-order valence-corrected chi connectivity index (χ2v) is 3.13. The first-order valence-electron chi connectivity index (χ1n) is 4.30. The summed E-state index contributed by atoms with van der Waals surface area (Å²) in [5, 5.41) is 2.60. The molecule has 2 aromatic rings. The largest absolute Gasteiger partial charge is 0.318 e. The molecule has 2 aromatic heterocycles. The SMILES string of the molecule is O=C(Nc1cncnc1)c1ccnc(Cl)n1. The summed E-state index contributed by atoms with van der Waals surface area (Å²) in [4.78, 5) is 26.6. The lowest BCUT2D eigenvalue weighted by Crippen LogP contribution is -2.14. The molecule has 0 radical (unpaired) electrons. The number of nitrogens with one attached hydrogen (secondary N) is 1. The van der Waals surface area contributed by atoms with Gasteiger partial charge in [0, 0.05) is 6.20 Å². The molecule has 0 spiro atoms. The van der Waals surface area contributed by atoms with Crippen LogP contribution in [0.15, 0.2) is 31.0 Å². The van der Waals surface area contributed by atoms with Crippen LogP contribution in [-0.2, 0) is 0 Å². The summed E-state index contributed by atoms with van der Waals surface area (Å²) in [7, 11) is 0. The Morgan fingerprint density at radius 3 is 2.75 bits per heavy atom. The minimum Gasteiger partial charge on any atom is -0.318 e. The molecule has 16 heavy (non-hydrogen) atoms. The molecule has 0 aliphatic rings. The summed E-state index contributed by atoms with van der Waals surface area (Å²) in [5.74, 6) is -0.390. The molecular weight excluding hydrogens is 230 g/mol. The third kappa shape index (κ3) is 2.48. The molecule has 1 amide bonds. The van der Waals surface area contributed by atoms with Crippen molar-refractivity contribution < 1.29 is 4.79 Å². The number of anilines is 1. The van der Waals surface area contributed by atoms with E-state index in [0.717, 1.165) is 0 Å². The summed E-state index contributed by atoms with van der Waals surface area (Å²) >= 11 is 5.56. The van der Waals surface area contributed by atoms with Crippen LogP contribution in [0.2, 0.25) is 5.28 Å². The molecule has 6 nitrogen and oxygen atoms in total. The van der Waals surface area contributed by atoms with E-state index in [1.165, 1.54) is 31.0 Å². The van der Waals surface area contributed by atoms with Crippen LogP contribution >= 0.6 is 11.6 Å². The van der Waals surface area contributed by atoms with Gasteiger partial charge in [-0.05, 0) is 17.7 Å². The zero-order valence-electron chi connectivity index (χ0n) is 7.96. The Morgan fingerprint density at radius 1 is 1.31 bits per heavy atom. The molecule has 0 bridgehead atoms. The average molecular weight is 236 g/mol. The summed E-state index contributed by atoms with van der Waals surface area (Å²) in [6, 6.07) is 1.46. The maximum Gasteiger partial charge on any atom is 0.274 e. The molecule has 7 heteroatoms. The highest BCUT2D eigenvalue weighted by Crippen LogP contribution is 2.05. The molecule has 0 unspecified atom stereocenters. The van der Waals surface area contributed by atoms with Crippen LogP contribution in [0.25, 0.3) is 0 Å². The molecule has 2 heterocycles. The first-order valence-corrected chi connectivity index (χ1v) is 4.68. The van der Waals surface area contributed by atoms with Crippen molar-refractivity contribution in [1.29, 1.82) is 0 Å². The minimum absolute atomic E-state index is 0.0250. The first-order chi connectivity index (χ1) is 7.75. The van der Waals surface area contributed by atoms with E-state index in [0.29, 0.717) is 5.69 Å². The quantitative estimate of drug-likeness (QED) is 0.791. The third-order valence-electron chi connectivity index (χ3n) is 1.68. The Balaban J connectivity index is 2.15. The lowest BCUT2D eigenvalue weighted by atomic mass is 10.3. The monoisotopic (exact) mass is 235 g/mol. The van der Waals surface area contributed by atoms with Gasteiger partial charge in [-0.2, -0.15) is 0 Å². The first kappa shape index (κ1) is 10.4. The van der Waals surface area contributed by atoms with Crippen molar-refractivity contribution in [3.8, 4) is 0 Å². The summed E-state index contributed by atoms with van der Waals surface area (Å²) in [6.45, 7) is 0. The van der Waals surface area contributed by atoms with E-state index in [1.807, 2.05) is 0 Å². The lowest BCUT2D eigenvalue weighted by molar-refractivity contribution is 0.102. The Bertz CT molecular complexity index is 504. The maximum atomic E-state index is 11.7. The molecule has 1 N–H and O–H groups in total. The van der Waals surface area contributed by atoms with Gasteiger partial charge in [-0.3, -0.25) is 4.79 Å². The van der Waals surface area contributed by atoms with Gasteiger partial charge in [0.25, 0.3) is 5.91 Å². The maximum absolute atomic E-state index is 11.7. The Morgan fingerprint density at radius 2 is 2.06 bits per heavy atom. The van der Waals surface area contributed by atoms with Crippen molar-refractivity contribution in [2.75, 3.05) is 5.32 Å². The summed E-state index contributed by atoms with van der Waals surface area (Å²) in [5.41, 5.74) is 0.672. The number of hydrogen-bond acceptors (Lipinski definition) is 5. The number of aromatic nitrogens is 4. The predicted molar refractivity (Wildman–Crippen MR) is 57.0 cm³/mol. The Labute approximate surface area is 95.7 Å². The molecule has 80 valence electrons. The van der Waals surface area contributed by atoms with Crippen LogP contribution in [0, 0.1) is 0 Å². The van der Waals surface area contributed by atoms with E-state index >= 15 is 0 Å². The normalized spacial score (nSPS) is 9.81. The van der Waals surface area contributed by atoms with Crippen LogP contribution < -0.4 is 5.32 Å². The molecule has 2 rings (SSSR count). The molecule has 0 saturated heterocycles. The molecule has 0 atom stereocenters. The topological polar surface area (TPSA) is 80.7 Å². The van der Waals surface area contributed by atoms with Gasteiger partial charge in [-0.1, -0.05) is 0 Å². The lowest BCUT2D eigenvalue weighted by Gasteiger charge is -2.02. The number of amides is 1. The van der Waals surface area contributed by atoms with E-state index in [4.69, 9.17) is 11.6 Å². The third-order valence-corrected chi connectivity index (χ3v) is 1.86. The van der Waals surface area contributed by atoms with Crippen LogP contribution in [0.3, 0.4) is 0 Å². The molecular formula is C9H6ClN5O. The molecule has 0 saturated carbocycles. The van der Waals surface area contributed by atoms with E-state index in [9.17, 15) is 4.79 Å². The van der Waals surface area contributed by atoms with Gasteiger partial charge in [0.1, 0.15) is 12.0 Å². The van der Waals surface area contributed by atoms with Crippen molar-refractivity contribution in [3.63, 3.8) is 0 Å². The minimum atomic E-state index is -0.390. The van der Waals surface area contributed by atoms with Crippen molar-refractivity contribution in [1.82, 2.24) is 19.9 Å². The van der Waals surface area contributed by atoms with Crippen molar-refractivity contribution in [3.05, 3.63) is 42.0 Å². The number of carbonyl (C=O) groups excluding carboxylic acids is 1. The van der Waals surface area contributed by atoms with E-state index in [2.05, 4.69) is 25.3 Å². The Hall–Kier alpha value is -2.08. The average Bonchev–Trinajstić information content (AvgIpc) is 2.30. The van der Waals surface area contributed by atoms with Crippen LogP contribution in [0.5, 0.6) is 0 Å². The second kappa shape index (κ2) is 4.63. The number of rotatable bonds is 2. The van der Waals surface area contributed by atoms with Gasteiger partial charge in [0.2, 0.25) is 5.28 Å². The van der Waals surface area contributed by atoms with E-state index < -0.39 is 0 Å². The summed E-state index contributed by atoms with van der Waals surface area (Å²) in [6.07, 6.45) is 5.74. The van der Waals surface area contributed by atoms with Gasteiger partial charge in [0.05, 0.1) is 18.1 Å². The standard InChI is InChI=1S/C9H6ClN5O/c10-9-13-2-1-7(15-9)8(16)14-6-3-11-5-12-4-6/h1-5H,(H,14,16). The van der Waals surface area contributed by atoms with Crippen LogP contribution in [0.4, 0.5) is 5.69 Å². The van der Waals surface area contributed by atoms with Crippen molar-refractivity contribution in [2.45, 2.75) is 0 Å². The van der Waals surface area contributed by atoms with Crippen molar-refractivity contribution in [2.24, 2.45) is 0 Å². The summed E-state index contributed by atoms with van der Waals surface area (Å²) < 4.78 is 0. The molecule has 0 aliphatic heterocycles. The zero-order valence-corrected chi connectivity index (χ0v) is 8.72. The zero-order chi connectivity index (χ0) is 11.4. The van der Waals surface area contributed by atoms with Gasteiger partial charge in [-0.25, -0.2) is 19.9 Å². The number of nitrogens with zero attached hydrogens (tertiary/aromatic N) is 4. The highest BCUT2D eigenvalue weighted by molar-refractivity contribution is 6.28. The Kier molecular flexibility index (Phi) is 3.02. The second-order valence-electron chi connectivity index (χ2n) is 2.79. The molecule has 0 aliphatic carbocycles. The van der Waals surface area contributed by atoms with Gasteiger partial charge < -0.3 is 5.32 Å². The van der Waals surface area contributed by atoms with Gasteiger partial charge in [-0.15, -0.1) is 0 Å². The smallest absolute Gasteiger partial charge is 0.274 e. The number of hydrogen-bond donors (Lipinski definition) is 1. The van der Waals surface area contributed by atoms with Gasteiger partial charge >= 0.3 is 0 Å². The van der Waals surface area contributed by atoms with E-state index in [1.54, 1.807) is 0 Å². The van der Waals surface area contributed by atoms with Crippen LogP contribution in [-0.4, -0.2) is 25.8 Å². The number of halogens is 1. The van der Waals surface area contributed by atoms with E-state index in [-0.39, 0.29) is 16.9 Å². The highest BCUT2D eigenvalue weighted by atomic mass is 35.5. The fourth-order valence-corrected chi connectivity index (χ4v) is 1.17. The molecule has 0 fully saturated rings. The predicted octanol–water partition coefficient (Wildman–Crippen LogP) is 1.17. The van der Waals surface area contributed by atoms with Crippen LogP contribution in [0.1, 0.15) is 10.5 Å². The molecule has 0 aromatic carbocycles. The number of carbonyl (C=O) groups is 1. The fourth-order valence-electron chi connectivity index (χ4n) is 1.02.